The summed E-state index contributed by atoms with van der Waals surface area (Å²) in [7, 11) is 1.54. The first kappa shape index (κ1) is 17.7. The van der Waals surface area contributed by atoms with Crippen molar-refractivity contribution in [3.05, 3.63) is 24.3 Å². The summed E-state index contributed by atoms with van der Waals surface area (Å²) in [6.45, 7) is 1.40. The Morgan fingerprint density at radius 1 is 1.29 bits per heavy atom. The number of rotatable bonds is 7. The van der Waals surface area contributed by atoms with Gasteiger partial charge in [-0.25, -0.2) is 4.79 Å². The van der Waals surface area contributed by atoms with Crippen LogP contribution in [0.15, 0.2) is 24.3 Å². The highest BCUT2D eigenvalue weighted by Gasteiger charge is 2.36. The van der Waals surface area contributed by atoms with Crippen LogP contribution in [-0.4, -0.2) is 53.7 Å². The van der Waals surface area contributed by atoms with E-state index in [1.807, 2.05) is 0 Å². The summed E-state index contributed by atoms with van der Waals surface area (Å²) in [6, 6.07) is 5.31. The van der Waals surface area contributed by atoms with E-state index in [4.69, 9.17) is 9.84 Å². The van der Waals surface area contributed by atoms with Crippen LogP contribution in [0.2, 0.25) is 0 Å². The van der Waals surface area contributed by atoms with E-state index in [9.17, 15) is 14.4 Å². The molecule has 1 unspecified atom stereocenters. The molecule has 1 saturated carbocycles. The second-order valence-corrected chi connectivity index (χ2v) is 5.65. The van der Waals surface area contributed by atoms with Gasteiger partial charge in [0.15, 0.2) is 0 Å². The maximum Gasteiger partial charge on any atom is 0.325 e. The number of aliphatic carboxylic acids is 1. The molecular formula is C16H21N3O5. The Morgan fingerprint density at radius 3 is 2.42 bits per heavy atom. The summed E-state index contributed by atoms with van der Waals surface area (Å²) < 4.78 is 5.02. The van der Waals surface area contributed by atoms with E-state index < -0.39 is 23.9 Å². The summed E-state index contributed by atoms with van der Waals surface area (Å²) in [4.78, 5) is 36.5. The molecule has 8 heteroatoms. The minimum absolute atomic E-state index is 0.0894. The van der Waals surface area contributed by atoms with E-state index in [0.717, 1.165) is 12.8 Å². The first-order valence-electron chi connectivity index (χ1n) is 7.64. The van der Waals surface area contributed by atoms with Crippen LogP contribution in [0.25, 0.3) is 0 Å². The van der Waals surface area contributed by atoms with Crippen molar-refractivity contribution in [3.63, 3.8) is 0 Å². The first-order chi connectivity index (χ1) is 11.4. The quantitative estimate of drug-likeness (QED) is 0.693. The van der Waals surface area contributed by atoms with Gasteiger partial charge in [-0.3, -0.25) is 19.8 Å². The second-order valence-electron chi connectivity index (χ2n) is 5.65. The monoisotopic (exact) mass is 335 g/mol. The zero-order chi connectivity index (χ0) is 17.7. The molecule has 1 aromatic carbocycles. The van der Waals surface area contributed by atoms with Gasteiger partial charge in [-0.2, -0.15) is 0 Å². The van der Waals surface area contributed by atoms with Crippen LogP contribution < -0.4 is 15.4 Å². The summed E-state index contributed by atoms with van der Waals surface area (Å²) in [6.07, 6.45) is 1.73. The maximum atomic E-state index is 12.0. The highest BCUT2D eigenvalue weighted by atomic mass is 16.5. The third kappa shape index (κ3) is 4.95. The smallest absolute Gasteiger partial charge is 0.325 e. The van der Waals surface area contributed by atoms with E-state index in [-0.39, 0.29) is 12.6 Å². The molecular weight excluding hydrogens is 314 g/mol. The van der Waals surface area contributed by atoms with Crippen LogP contribution in [0.4, 0.5) is 10.5 Å². The number of hydrogen-bond donors (Lipinski definition) is 3. The molecule has 24 heavy (non-hydrogen) atoms. The number of benzene rings is 1. The van der Waals surface area contributed by atoms with Crippen LogP contribution in [-0.2, 0) is 9.59 Å². The normalized spacial score (nSPS) is 14.8. The van der Waals surface area contributed by atoms with E-state index in [0.29, 0.717) is 11.4 Å². The van der Waals surface area contributed by atoms with Gasteiger partial charge in [0.05, 0.1) is 13.7 Å². The Kier molecular flexibility index (Phi) is 5.75. The minimum Gasteiger partial charge on any atom is -0.497 e. The molecule has 2 rings (SSSR count). The molecule has 0 radical (unpaired) electrons. The van der Waals surface area contributed by atoms with E-state index >= 15 is 0 Å². The highest BCUT2D eigenvalue weighted by molar-refractivity contribution is 6.01. The molecule has 3 N–H and O–H groups in total. The van der Waals surface area contributed by atoms with Crippen LogP contribution in [0.1, 0.15) is 19.8 Å². The molecule has 1 atom stereocenters. The third-order valence-corrected chi connectivity index (χ3v) is 3.80. The van der Waals surface area contributed by atoms with Crippen molar-refractivity contribution in [2.45, 2.75) is 31.8 Å². The van der Waals surface area contributed by atoms with Crippen LogP contribution in [0, 0.1) is 0 Å². The summed E-state index contributed by atoms with van der Waals surface area (Å²) >= 11 is 0. The van der Waals surface area contributed by atoms with Crippen molar-refractivity contribution in [2.24, 2.45) is 0 Å². The average Bonchev–Trinajstić information content (AvgIpc) is 3.37. The molecule has 130 valence electrons. The van der Waals surface area contributed by atoms with Gasteiger partial charge in [0, 0.05) is 11.7 Å². The first-order valence-corrected chi connectivity index (χ1v) is 7.64. The van der Waals surface area contributed by atoms with Crippen LogP contribution in [0.5, 0.6) is 5.75 Å². The molecule has 0 aromatic heterocycles. The summed E-state index contributed by atoms with van der Waals surface area (Å²) in [5.74, 6) is -0.877. The largest absolute Gasteiger partial charge is 0.497 e. The number of methoxy groups -OCH3 is 1. The summed E-state index contributed by atoms with van der Waals surface area (Å²) in [5, 5.41) is 13.8. The lowest BCUT2D eigenvalue weighted by atomic mass is 10.2. The number of hydrogen-bond acceptors (Lipinski definition) is 5. The number of nitrogens with one attached hydrogen (secondary N) is 2. The van der Waals surface area contributed by atoms with Gasteiger partial charge in [0.25, 0.3) is 0 Å². The SMILES string of the molecule is COc1ccc(NC(=O)NC(=O)CN(C2CC2)C(C)C(=O)O)cc1. The van der Waals surface area contributed by atoms with Crippen LogP contribution >= 0.6 is 0 Å². The van der Waals surface area contributed by atoms with Gasteiger partial charge in [-0.05, 0) is 44.0 Å². The Hall–Kier alpha value is -2.61. The lowest BCUT2D eigenvalue weighted by Gasteiger charge is -2.25. The second kappa shape index (κ2) is 7.78. The van der Waals surface area contributed by atoms with Crippen molar-refractivity contribution in [2.75, 3.05) is 19.0 Å². The highest BCUT2D eigenvalue weighted by Crippen LogP contribution is 2.28. The van der Waals surface area contributed by atoms with Gasteiger partial charge in [0.2, 0.25) is 5.91 Å². The minimum atomic E-state index is -0.989. The molecule has 3 amide bonds. The number of ether oxygens (including phenoxy) is 1. The predicted octanol–water partition coefficient (Wildman–Crippen LogP) is 1.28. The summed E-state index contributed by atoms with van der Waals surface area (Å²) in [5.41, 5.74) is 0.513. The molecule has 0 aliphatic heterocycles. The van der Waals surface area contributed by atoms with Crippen molar-refractivity contribution < 1.29 is 24.2 Å². The van der Waals surface area contributed by atoms with Crippen LogP contribution in [0.3, 0.4) is 0 Å². The number of imide groups is 1. The Labute approximate surface area is 139 Å². The molecule has 1 aliphatic carbocycles. The van der Waals surface area contributed by atoms with Crippen molar-refractivity contribution in [1.29, 1.82) is 0 Å². The van der Waals surface area contributed by atoms with Gasteiger partial charge in [-0.1, -0.05) is 0 Å². The van der Waals surface area contributed by atoms with Gasteiger partial charge < -0.3 is 15.2 Å². The van der Waals surface area contributed by atoms with E-state index in [2.05, 4.69) is 10.6 Å². The van der Waals surface area contributed by atoms with E-state index in [1.54, 1.807) is 29.2 Å². The number of carbonyl (C=O) groups is 3. The molecule has 0 heterocycles. The van der Waals surface area contributed by atoms with Crippen molar-refractivity contribution in [3.8, 4) is 5.75 Å². The topological polar surface area (TPSA) is 108 Å². The zero-order valence-electron chi connectivity index (χ0n) is 13.6. The lowest BCUT2D eigenvalue weighted by Crippen LogP contribution is -2.48. The fourth-order valence-corrected chi connectivity index (χ4v) is 2.30. The van der Waals surface area contributed by atoms with E-state index in [1.165, 1.54) is 14.0 Å². The average molecular weight is 335 g/mol. The standard InChI is InChI=1S/C16H21N3O5/c1-10(15(21)22)19(12-5-6-12)9-14(20)18-16(23)17-11-3-7-13(24-2)8-4-11/h3-4,7-8,10,12H,5-6,9H2,1-2H3,(H,21,22)(H2,17,18,20,23). The molecule has 0 bridgehead atoms. The number of amides is 3. The van der Waals surface area contributed by atoms with Gasteiger partial charge in [0.1, 0.15) is 11.8 Å². The molecule has 8 nitrogen and oxygen atoms in total. The lowest BCUT2D eigenvalue weighted by molar-refractivity contribution is -0.143. The number of carbonyl (C=O) groups excluding carboxylic acids is 2. The van der Waals surface area contributed by atoms with Gasteiger partial charge >= 0.3 is 12.0 Å². The molecule has 0 spiro atoms. The predicted molar refractivity (Wildman–Crippen MR) is 87.0 cm³/mol. The number of nitrogens with zero attached hydrogens (tertiary/aromatic N) is 1. The Bertz CT molecular complexity index is 613. The van der Waals surface area contributed by atoms with Crippen molar-refractivity contribution in [1.82, 2.24) is 10.2 Å². The number of carboxylic acids is 1. The van der Waals surface area contributed by atoms with Crippen molar-refractivity contribution >= 4 is 23.6 Å². The fraction of sp³-hybridized carbons (Fsp3) is 0.438. The van der Waals surface area contributed by atoms with Gasteiger partial charge in [-0.15, -0.1) is 0 Å². The zero-order valence-corrected chi connectivity index (χ0v) is 13.6. The Morgan fingerprint density at radius 2 is 1.92 bits per heavy atom. The third-order valence-electron chi connectivity index (χ3n) is 3.80. The maximum absolute atomic E-state index is 12.0. The number of carboxylic acid groups (broad SMARTS) is 1. The Balaban J connectivity index is 1.85. The fourth-order valence-electron chi connectivity index (χ4n) is 2.30. The number of urea groups is 1. The molecule has 1 fully saturated rings. The number of anilines is 1. The molecule has 1 aromatic rings. The molecule has 0 saturated heterocycles. The molecule has 1 aliphatic rings.